The van der Waals surface area contributed by atoms with Crippen LogP contribution in [0.4, 0.5) is 0 Å². The van der Waals surface area contributed by atoms with Crippen LogP contribution in [0.15, 0.2) is 18.2 Å². The molecule has 3 aliphatic carbocycles. The Morgan fingerprint density at radius 2 is 1.86 bits per heavy atom. The van der Waals surface area contributed by atoms with E-state index in [1.54, 1.807) is 0 Å². The van der Waals surface area contributed by atoms with E-state index in [2.05, 4.69) is 25.1 Å². The third-order valence-corrected chi connectivity index (χ3v) is 11.1. The lowest BCUT2D eigenvalue weighted by atomic mass is 9.55. The molecule has 1 N–H and O–H groups in total. The van der Waals surface area contributed by atoms with Crippen LogP contribution < -0.4 is 4.52 Å². The van der Waals surface area contributed by atoms with Gasteiger partial charge in [0.2, 0.25) is 0 Å². The van der Waals surface area contributed by atoms with Crippen LogP contribution in [0.25, 0.3) is 0 Å². The molecule has 2 saturated carbocycles. The number of rotatable bonds is 4. The van der Waals surface area contributed by atoms with Crippen molar-refractivity contribution in [2.24, 2.45) is 17.3 Å². The minimum atomic E-state index is -2.82. The van der Waals surface area contributed by atoms with Crippen LogP contribution in [0.2, 0.25) is 0 Å². The van der Waals surface area contributed by atoms with E-state index in [9.17, 15) is 9.67 Å². The first kappa shape index (κ1) is 17.9. The van der Waals surface area contributed by atoms with E-state index in [1.165, 1.54) is 30.4 Å². The largest absolute Gasteiger partial charge is 0.422 e. The lowest BCUT2D eigenvalue weighted by molar-refractivity contribution is -0.0226. The van der Waals surface area contributed by atoms with Gasteiger partial charge in [0.1, 0.15) is 5.75 Å². The Hall–Kier alpha value is -0.870. The van der Waals surface area contributed by atoms with E-state index in [-0.39, 0.29) is 11.5 Å². The molecule has 2 aliphatic heterocycles. The normalized spacial score (nSPS) is 39.8. The topological polar surface area (TPSA) is 52.5 Å². The van der Waals surface area contributed by atoms with Crippen LogP contribution in [0.3, 0.4) is 0 Å². The zero-order chi connectivity index (χ0) is 19.1. The van der Waals surface area contributed by atoms with E-state index in [1.807, 2.05) is 9.34 Å². The minimum Gasteiger partial charge on any atom is -0.422 e. The minimum absolute atomic E-state index is 0.111. The summed E-state index contributed by atoms with van der Waals surface area (Å²) >= 11 is 0. The predicted molar refractivity (Wildman–Crippen MR) is 108 cm³/mol. The molecule has 5 aliphatic rings. The summed E-state index contributed by atoms with van der Waals surface area (Å²) in [5.74, 6) is 2.76. The van der Waals surface area contributed by atoms with Gasteiger partial charge in [-0.1, -0.05) is 13.0 Å². The highest BCUT2D eigenvalue weighted by Gasteiger charge is 2.54. The zero-order valence-corrected chi connectivity index (χ0v) is 17.6. The Kier molecular flexibility index (Phi) is 3.89. The molecule has 2 heterocycles. The van der Waals surface area contributed by atoms with Crippen molar-refractivity contribution in [2.45, 2.75) is 57.5 Å². The van der Waals surface area contributed by atoms with Crippen molar-refractivity contribution >= 4 is 7.67 Å². The predicted octanol–water partition coefficient (Wildman–Crippen LogP) is 4.02. The van der Waals surface area contributed by atoms with Gasteiger partial charge in [-0.2, -0.15) is 0 Å². The van der Waals surface area contributed by atoms with Crippen molar-refractivity contribution in [3.8, 4) is 5.75 Å². The summed E-state index contributed by atoms with van der Waals surface area (Å²) in [6, 6.07) is 6.48. The lowest BCUT2D eigenvalue weighted by Crippen LogP contribution is -2.43. The summed E-state index contributed by atoms with van der Waals surface area (Å²) in [4.78, 5) is 0. The van der Waals surface area contributed by atoms with Gasteiger partial charge in [0.15, 0.2) is 0 Å². The maximum absolute atomic E-state index is 13.3. The second-order valence-corrected chi connectivity index (χ2v) is 12.2. The number of aliphatic hydroxyl groups is 1. The van der Waals surface area contributed by atoms with Gasteiger partial charge >= 0.3 is 7.67 Å². The van der Waals surface area contributed by atoms with Crippen molar-refractivity contribution in [2.75, 3.05) is 26.2 Å². The standard InChI is InChI=1S/C22H31N2O3P/c1-22-9-8-18-17-5-3-16(27-28(26,23-10-11-23)24-12-13-24)14-15(17)2-4-19(18)20(22)6-7-21(22)25/h3,5,14,18-21,25H,2,4,6-13H2,1H3. The summed E-state index contributed by atoms with van der Waals surface area (Å²) in [7, 11) is -2.82. The average molecular weight is 402 g/mol. The van der Waals surface area contributed by atoms with E-state index in [0.717, 1.165) is 51.2 Å². The molecule has 6 heteroatoms. The van der Waals surface area contributed by atoms with E-state index < -0.39 is 7.67 Å². The van der Waals surface area contributed by atoms with E-state index in [4.69, 9.17) is 4.52 Å². The number of hydrogen-bond acceptors (Lipinski definition) is 3. The molecule has 28 heavy (non-hydrogen) atoms. The molecule has 6 rings (SSSR count). The molecule has 2 saturated heterocycles. The van der Waals surface area contributed by atoms with Crippen molar-refractivity contribution in [1.82, 2.24) is 9.34 Å². The van der Waals surface area contributed by atoms with Gasteiger partial charge in [-0.3, -0.25) is 0 Å². The first-order chi connectivity index (χ1) is 13.5. The van der Waals surface area contributed by atoms with Crippen molar-refractivity contribution in [3.63, 3.8) is 0 Å². The van der Waals surface area contributed by atoms with Crippen molar-refractivity contribution in [3.05, 3.63) is 29.3 Å². The third-order valence-electron chi connectivity index (χ3n) is 8.43. The molecule has 0 spiro atoms. The summed E-state index contributed by atoms with van der Waals surface area (Å²) in [6.07, 6.45) is 6.66. The molecule has 0 aromatic heterocycles. The number of aliphatic hydroxyl groups excluding tert-OH is 1. The summed E-state index contributed by atoms with van der Waals surface area (Å²) in [5.41, 5.74) is 3.01. The van der Waals surface area contributed by atoms with Crippen LogP contribution in [0, 0.1) is 17.3 Å². The van der Waals surface area contributed by atoms with Gasteiger partial charge in [-0.25, -0.2) is 13.9 Å². The molecule has 5 nitrogen and oxygen atoms in total. The maximum atomic E-state index is 13.3. The monoisotopic (exact) mass is 402 g/mol. The smallest absolute Gasteiger partial charge is 0.395 e. The van der Waals surface area contributed by atoms with Crippen LogP contribution in [-0.2, 0) is 11.0 Å². The highest BCUT2D eigenvalue weighted by Crippen LogP contribution is 2.62. The fraction of sp³-hybridized carbons (Fsp3) is 0.727. The number of nitrogens with zero attached hydrogens (tertiary/aromatic N) is 2. The fourth-order valence-corrected chi connectivity index (χ4v) is 8.78. The van der Waals surface area contributed by atoms with Crippen LogP contribution >= 0.6 is 7.67 Å². The molecule has 152 valence electrons. The Labute approximate surface area is 167 Å². The number of hydrogen-bond donors (Lipinski definition) is 1. The first-order valence-electron chi connectivity index (χ1n) is 11.1. The Balaban J connectivity index is 1.27. The SMILES string of the molecule is CC12CCC3c4ccc(OP(=O)(N5CC5)N5CC5)cc4CCC3C1CCC2O. The van der Waals surface area contributed by atoms with E-state index in [0.29, 0.717) is 17.8 Å². The molecule has 0 amide bonds. The van der Waals surface area contributed by atoms with Gasteiger partial charge in [0.05, 0.1) is 6.10 Å². The van der Waals surface area contributed by atoms with E-state index >= 15 is 0 Å². The summed E-state index contributed by atoms with van der Waals surface area (Å²) in [5, 5.41) is 10.6. The molecule has 0 radical (unpaired) electrons. The Morgan fingerprint density at radius 3 is 2.57 bits per heavy atom. The third kappa shape index (κ3) is 2.59. The molecular formula is C22H31N2O3P. The molecule has 5 unspecified atom stereocenters. The molecular weight excluding hydrogens is 371 g/mol. The van der Waals surface area contributed by atoms with Crippen LogP contribution in [0.1, 0.15) is 56.1 Å². The quantitative estimate of drug-likeness (QED) is 0.609. The lowest BCUT2D eigenvalue weighted by Gasteiger charge is -2.50. The second-order valence-electron chi connectivity index (χ2n) is 9.90. The number of benzene rings is 1. The Bertz CT molecular complexity index is 836. The van der Waals surface area contributed by atoms with Gasteiger partial charge in [0, 0.05) is 26.2 Å². The Morgan fingerprint density at radius 1 is 1.11 bits per heavy atom. The molecule has 1 aromatic carbocycles. The van der Waals surface area contributed by atoms with Crippen LogP contribution in [-0.4, -0.2) is 46.7 Å². The highest BCUT2D eigenvalue weighted by molar-refractivity contribution is 7.55. The molecule has 5 atom stereocenters. The number of fused-ring (bicyclic) bond motifs is 5. The first-order valence-corrected chi connectivity index (χ1v) is 12.6. The fourth-order valence-electron chi connectivity index (χ4n) is 6.61. The number of aryl methyl sites for hydroxylation is 1. The van der Waals surface area contributed by atoms with Gasteiger partial charge in [0.25, 0.3) is 0 Å². The van der Waals surface area contributed by atoms with Crippen molar-refractivity contribution < 1.29 is 14.2 Å². The van der Waals surface area contributed by atoms with Gasteiger partial charge < -0.3 is 9.63 Å². The zero-order valence-electron chi connectivity index (χ0n) is 16.7. The van der Waals surface area contributed by atoms with Crippen molar-refractivity contribution in [1.29, 1.82) is 0 Å². The maximum Gasteiger partial charge on any atom is 0.395 e. The van der Waals surface area contributed by atoms with Gasteiger partial charge in [-0.05, 0) is 85.0 Å². The molecule has 4 fully saturated rings. The molecule has 1 aromatic rings. The summed E-state index contributed by atoms with van der Waals surface area (Å²) < 4.78 is 23.4. The molecule has 0 bridgehead atoms. The van der Waals surface area contributed by atoms with Gasteiger partial charge in [-0.15, -0.1) is 0 Å². The average Bonchev–Trinajstić information content (AvgIpc) is 3.58. The summed E-state index contributed by atoms with van der Waals surface area (Å²) in [6.45, 7) is 5.86. The van der Waals surface area contributed by atoms with Crippen LogP contribution in [0.5, 0.6) is 5.75 Å². The second kappa shape index (κ2) is 6.07. The highest BCUT2D eigenvalue weighted by atomic mass is 31.2.